The van der Waals surface area contributed by atoms with Crippen molar-refractivity contribution in [2.45, 2.75) is 9.79 Å². The summed E-state index contributed by atoms with van der Waals surface area (Å²) in [5, 5.41) is 12.5. The number of fused-ring (bicyclic) bond motifs is 1. The first-order valence-electron chi connectivity index (χ1n) is 9.43. The van der Waals surface area contributed by atoms with E-state index in [0.717, 1.165) is 22.9 Å². The van der Waals surface area contributed by atoms with Gasteiger partial charge in [0.2, 0.25) is 20.0 Å². The Morgan fingerprint density at radius 3 is 1.71 bits per heavy atom. The molecule has 1 fully saturated rings. The Bertz CT molecular complexity index is 1350. The van der Waals surface area contributed by atoms with Crippen molar-refractivity contribution < 1.29 is 21.8 Å². The number of non-ortho nitro benzene ring substituents is 1. The zero-order chi connectivity index (χ0) is 22.2. The molecule has 1 aliphatic heterocycles. The standard InChI is InChI=1S/C20H19N3O6S2/c24-23(25)18-6-9-19(10-7-18)30(26,27)21-11-13-22(14-12-21)31(28,29)20-8-5-16-3-1-2-4-17(16)15-20/h1-10,15H,11-14H2. The summed E-state index contributed by atoms with van der Waals surface area (Å²) in [5.74, 6) is 0. The number of piperazine rings is 1. The van der Waals surface area contributed by atoms with Crippen LogP contribution >= 0.6 is 0 Å². The first-order chi connectivity index (χ1) is 14.7. The van der Waals surface area contributed by atoms with Crippen molar-refractivity contribution in [3.63, 3.8) is 0 Å². The van der Waals surface area contributed by atoms with Crippen LogP contribution in [0, 0.1) is 10.1 Å². The highest BCUT2D eigenvalue weighted by atomic mass is 32.2. The van der Waals surface area contributed by atoms with Gasteiger partial charge in [-0.15, -0.1) is 0 Å². The van der Waals surface area contributed by atoms with Gasteiger partial charge in [0.1, 0.15) is 0 Å². The largest absolute Gasteiger partial charge is 0.269 e. The third-order valence-corrected chi connectivity index (χ3v) is 9.05. The summed E-state index contributed by atoms with van der Waals surface area (Å²) >= 11 is 0. The molecule has 9 nitrogen and oxygen atoms in total. The minimum atomic E-state index is -3.88. The number of nitrogens with zero attached hydrogens (tertiary/aromatic N) is 3. The summed E-state index contributed by atoms with van der Waals surface area (Å²) in [5.41, 5.74) is -0.203. The van der Waals surface area contributed by atoms with Crippen LogP contribution in [0.15, 0.2) is 76.5 Å². The van der Waals surface area contributed by atoms with E-state index < -0.39 is 25.0 Å². The molecule has 4 rings (SSSR count). The lowest BCUT2D eigenvalue weighted by Crippen LogP contribution is -2.50. The number of benzene rings is 3. The van der Waals surface area contributed by atoms with E-state index in [1.54, 1.807) is 18.2 Å². The van der Waals surface area contributed by atoms with Crippen molar-refractivity contribution in [2.75, 3.05) is 26.2 Å². The Morgan fingerprint density at radius 1 is 0.677 bits per heavy atom. The molecular weight excluding hydrogens is 442 g/mol. The molecule has 31 heavy (non-hydrogen) atoms. The highest BCUT2D eigenvalue weighted by molar-refractivity contribution is 7.89. The molecule has 1 saturated heterocycles. The van der Waals surface area contributed by atoms with Crippen LogP contribution in [0.25, 0.3) is 10.8 Å². The van der Waals surface area contributed by atoms with Gasteiger partial charge in [-0.2, -0.15) is 8.61 Å². The van der Waals surface area contributed by atoms with Crippen molar-refractivity contribution >= 4 is 36.5 Å². The van der Waals surface area contributed by atoms with Crippen molar-refractivity contribution in [2.24, 2.45) is 0 Å². The highest BCUT2D eigenvalue weighted by Gasteiger charge is 2.34. The quantitative estimate of drug-likeness (QED) is 0.425. The SMILES string of the molecule is O=[N+]([O-])c1ccc(S(=O)(=O)N2CCN(S(=O)(=O)c3ccc4ccccc4c3)CC2)cc1. The summed E-state index contributed by atoms with van der Waals surface area (Å²) in [6.07, 6.45) is 0. The van der Waals surface area contributed by atoms with Gasteiger partial charge in [0, 0.05) is 38.3 Å². The maximum atomic E-state index is 13.1. The van der Waals surface area contributed by atoms with Gasteiger partial charge in [-0.05, 0) is 35.0 Å². The van der Waals surface area contributed by atoms with Crippen molar-refractivity contribution in [1.29, 1.82) is 0 Å². The second-order valence-corrected chi connectivity index (χ2v) is 10.9. The molecule has 0 saturated carbocycles. The lowest BCUT2D eigenvalue weighted by Gasteiger charge is -2.33. The van der Waals surface area contributed by atoms with Crippen LogP contribution in [0.4, 0.5) is 5.69 Å². The summed E-state index contributed by atoms with van der Waals surface area (Å²) in [6.45, 7) is 0.0149. The third kappa shape index (κ3) is 4.04. The molecule has 11 heteroatoms. The molecule has 3 aromatic rings. The average molecular weight is 462 g/mol. The van der Waals surface area contributed by atoms with Gasteiger partial charge in [0.15, 0.2) is 0 Å². The predicted octanol–water partition coefficient (Wildman–Crippen LogP) is 2.44. The number of hydrogen-bond donors (Lipinski definition) is 0. The Hall–Kier alpha value is -2.86. The van der Waals surface area contributed by atoms with Gasteiger partial charge in [-0.3, -0.25) is 10.1 Å². The van der Waals surface area contributed by atoms with Gasteiger partial charge in [-0.1, -0.05) is 30.3 Å². The van der Waals surface area contributed by atoms with E-state index in [-0.39, 0.29) is 41.7 Å². The van der Waals surface area contributed by atoms with Gasteiger partial charge in [-0.25, -0.2) is 16.8 Å². The molecule has 0 N–H and O–H groups in total. The molecule has 0 unspecified atom stereocenters. The molecule has 0 aromatic heterocycles. The van der Waals surface area contributed by atoms with Gasteiger partial charge < -0.3 is 0 Å². The van der Waals surface area contributed by atoms with Crippen LogP contribution in [0.3, 0.4) is 0 Å². The minimum absolute atomic E-state index is 0.00781. The molecule has 3 aromatic carbocycles. The van der Waals surface area contributed by atoms with Crippen molar-refractivity contribution in [3.05, 3.63) is 76.8 Å². The van der Waals surface area contributed by atoms with Crippen LogP contribution in [0.2, 0.25) is 0 Å². The molecule has 0 radical (unpaired) electrons. The Labute approximate surface area is 179 Å². The maximum Gasteiger partial charge on any atom is 0.269 e. The molecule has 0 spiro atoms. The highest BCUT2D eigenvalue weighted by Crippen LogP contribution is 2.25. The molecule has 0 bridgehead atoms. The Balaban J connectivity index is 1.51. The fourth-order valence-corrected chi connectivity index (χ4v) is 6.40. The third-order valence-electron chi connectivity index (χ3n) is 5.24. The molecular formula is C20H19N3O6S2. The Kier molecular flexibility index (Phi) is 5.52. The van der Waals surface area contributed by atoms with Crippen LogP contribution in [-0.2, 0) is 20.0 Å². The van der Waals surface area contributed by atoms with Crippen LogP contribution in [0.1, 0.15) is 0 Å². The summed E-state index contributed by atoms with van der Waals surface area (Å²) in [4.78, 5) is 10.3. The molecule has 0 amide bonds. The van der Waals surface area contributed by atoms with Crippen molar-refractivity contribution in [3.8, 4) is 0 Å². The molecule has 162 valence electrons. The van der Waals surface area contributed by atoms with E-state index in [9.17, 15) is 26.9 Å². The van der Waals surface area contributed by atoms with Gasteiger partial charge >= 0.3 is 0 Å². The summed E-state index contributed by atoms with van der Waals surface area (Å²) in [6, 6.07) is 17.0. The first kappa shape index (κ1) is 21.4. The van der Waals surface area contributed by atoms with E-state index in [1.165, 1.54) is 20.7 Å². The van der Waals surface area contributed by atoms with Crippen LogP contribution < -0.4 is 0 Å². The molecule has 0 atom stereocenters. The number of rotatable bonds is 5. The number of nitro groups is 1. The van der Waals surface area contributed by atoms with Crippen molar-refractivity contribution in [1.82, 2.24) is 8.61 Å². The summed E-state index contributed by atoms with van der Waals surface area (Å²) in [7, 11) is -7.64. The van der Waals surface area contributed by atoms with E-state index in [2.05, 4.69) is 0 Å². The zero-order valence-electron chi connectivity index (χ0n) is 16.3. The van der Waals surface area contributed by atoms with Crippen LogP contribution in [0.5, 0.6) is 0 Å². The molecule has 1 heterocycles. The average Bonchev–Trinajstić information content (AvgIpc) is 2.79. The summed E-state index contributed by atoms with van der Waals surface area (Å²) < 4.78 is 54.2. The van der Waals surface area contributed by atoms with Crippen LogP contribution in [-0.4, -0.2) is 56.5 Å². The van der Waals surface area contributed by atoms with E-state index in [1.807, 2.05) is 24.3 Å². The second-order valence-electron chi connectivity index (χ2n) is 7.07. The smallest absolute Gasteiger partial charge is 0.258 e. The Morgan fingerprint density at radius 2 is 1.16 bits per heavy atom. The van der Waals surface area contributed by atoms with E-state index in [4.69, 9.17) is 0 Å². The lowest BCUT2D eigenvalue weighted by molar-refractivity contribution is -0.384. The topological polar surface area (TPSA) is 118 Å². The first-order valence-corrected chi connectivity index (χ1v) is 12.3. The van der Waals surface area contributed by atoms with Gasteiger partial charge in [0.05, 0.1) is 14.7 Å². The predicted molar refractivity (Wildman–Crippen MR) is 115 cm³/mol. The fourth-order valence-electron chi connectivity index (χ4n) is 3.52. The minimum Gasteiger partial charge on any atom is -0.258 e. The lowest BCUT2D eigenvalue weighted by atomic mass is 10.1. The zero-order valence-corrected chi connectivity index (χ0v) is 17.9. The number of hydrogen-bond acceptors (Lipinski definition) is 6. The number of nitro benzene ring substituents is 1. The second kappa shape index (κ2) is 8.00. The monoisotopic (exact) mass is 461 g/mol. The molecule has 0 aliphatic carbocycles. The molecule has 1 aliphatic rings. The normalized spacial score (nSPS) is 16.4. The number of sulfonamides is 2. The fraction of sp³-hybridized carbons (Fsp3) is 0.200. The van der Waals surface area contributed by atoms with Gasteiger partial charge in [0.25, 0.3) is 5.69 Å². The maximum absolute atomic E-state index is 13.1. The van der Waals surface area contributed by atoms with E-state index >= 15 is 0 Å². The van der Waals surface area contributed by atoms with E-state index in [0.29, 0.717) is 0 Å².